The molecule has 0 bridgehead atoms. The van der Waals surface area contributed by atoms with E-state index in [9.17, 15) is 9.59 Å². The van der Waals surface area contributed by atoms with Gasteiger partial charge in [0.05, 0.1) is 0 Å². The molecule has 0 aromatic rings. The smallest absolute Gasteiger partial charge is 0.306 e. The zero-order chi connectivity index (χ0) is 39.4. The van der Waals surface area contributed by atoms with E-state index in [0.29, 0.717) is 18.9 Å². The maximum Gasteiger partial charge on any atom is 0.306 e. The van der Waals surface area contributed by atoms with Crippen LogP contribution in [0.25, 0.3) is 0 Å². The molecule has 2 saturated carbocycles. The molecule has 2 rings (SSSR count). The standard InChI is InChI=1S/C48H91NO4S2/c1-4-6-8-10-12-14-22-36-47(50)52-45(40-54-38-42-28-18-16-19-29-42)34-26-24-32-44(49-3)33-25-27-35-46(41-55-39-43-30-20-17-21-31-43)53-48(51)37-23-15-13-11-9-7-5-2/h42-46,49H,4-41H2,1-3H3. The molecule has 0 aromatic heterocycles. The van der Waals surface area contributed by atoms with Gasteiger partial charge in [-0.1, -0.05) is 142 Å². The summed E-state index contributed by atoms with van der Waals surface area (Å²) in [4.78, 5) is 25.7. The highest BCUT2D eigenvalue weighted by atomic mass is 32.2. The molecule has 2 fully saturated rings. The maximum atomic E-state index is 12.9. The maximum absolute atomic E-state index is 12.9. The summed E-state index contributed by atoms with van der Waals surface area (Å²) in [7, 11) is 2.11. The molecule has 2 aliphatic carbocycles. The minimum absolute atomic E-state index is 0.0269. The molecule has 0 heterocycles. The molecule has 2 unspecified atom stereocenters. The van der Waals surface area contributed by atoms with Gasteiger partial charge in [-0.3, -0.25) is 9.59 Å². The fourth-order valence-corrected chi connectivity index (χ4v) is 11.3. The minimum atomic E-state index is 0.0269. The molecule has 0 aliphatic heterocycles. The quantitative estimate of drug-likeness (QED) is 0.0495. The fraction of sp³-hybridized carbons (Fsp3) is 0.958. The van der Waals surface area contributed by atoms with E-state index in [-0.39, 0.29) is 24.1 Å². The molecular formula is C48H91NO4S2. The van der Waals surface area contributed by atoms with Crippen molar-refractivity contribution in [1.29, 1.82) is 0 Å². The van der Waals surface area contributed by atoms with Crippen LogP contribution in [0, 0.1) is 11.8 Å². The lowest BCUT2D eigenvalue weighted by molar-refractivity contribution is -0.149. The van der Waals surface area contributed by atoms with Crippen LogP contribution in [0.5, 0.6) is 0 Å². The number of carbonyl (C=O) groups excluding carboxylic acids is 2. The van der Waals surface area contributed by atoms with E-state index >= 15 is 0 Å². The Morgan fingerprint density at radius 1 is 0.509 bits per heavy atom. The van der Waals surface area contributed by atoms with Crippen molar-refractivity contribution in [2.45, 2.75) is 250 Å². The highest BCUT2D eigenvalue weighted by molar-refractivity contribution is 7.99. The van der Waals surface area contributed by atoms with Gasteiger partial charge in [0.25, 0.3) is 0 Å². The molecule has 2 atom stereocenters. The summed E-state index contributed by atoms with van der Waals surface area (Å²) in [5, 5.41) is 3.59. The van der Waals surface area contributed by atoms with Gasteiger partial charge in [0.15, 0.2) is 0 Å². The van der Waals surface area contributed by atoms with Crippen LogP contribution in [0.15, 0.2) is 0 Å². The Bertz CT molecular complexity index is 810. The summed E-state index contributed by atoms with van der Waals surface area (Å²) in [5.41, 5.74) is 0. The lowest BCUT2D eigenvalue weighted by Gasteiger charge is -2.23. The van der Waals surface area contributed by atoms with Gasteiger partial charge in [0, 0.05) is 30.4 Å². The Kier molecular flexibility index (Phi) is 33.8. The number of thioether (sulfide) groups is 2. The van der Waals surface area contributed by atoms with E-state index in [1.807, 2.05) is 23.5 Å². The molecule has 0 aromatic carbocycles. The first-order chi connectivity index (χ1) is 27.0. The molecule has 55 heavy (non-hydrogen) atoms. The monoisotopic (exact) mass is 810 g/mol. The van der Waals surface area contributed by atoms with Crippen molar-refractivity contribution in [2.24, 2.45) is 11.8 Å². The summed E-state index contributed by atoms with van der Waals surface area (Å²) in [5.74, 6) is 6.14. The second-order valence-corrected chi connectivity index (χ2v) is 19.8. The van der Waals surface area contributed by atoms with Gasteiger partial charge in [-0.25, -0.2) is 0 Å². The van der Waals surface area contributed by atoms with E-state index in [1.165, 1.54) is 166 Å². The Morgan fingerprint density at radius 2 is 0.873 bits per heavy atom. The van der Waals surface area contributed by atoms with Crippen molar-refractivity contribution >= 4 is 35.5 Å². The van der Waals surface area contributed by atoms with Gasteiger partial charge in [0.1, 0.15) is 12.2 Å². The first-order valence-electron chi connectivity index (χ1n) is 24.3. The van der Waals surface area contributed by atoms with Crippen LogP contribution < -0.4 is 5.32 Å². The second-order valence-electron chi connectivity index (χ2n) is 17.6. The number of ether oxygens (including phenoxy) is 2. The van der Waals surface area contributed by atoms with Crippen molar-refractivity contribution in [3.63, 3.8) is 0 Å². The normalized spacial score (nSPS) is 17.2. The largest absolute Gasteiger partial charge is 0.461 e. The minimum Gasteiger partial charge on any atom is -0.461 e. The number of unbranched alkanes of at least 4 members (excludes halogenated alkanes) is 14. The van der Waals surface area contributed by atoms with Gasteiger partial charge < -0.3 is 14.8 Å². The number of esters is 2. The fourth-order valence-electron chi connectivity index (χ4n) is 8.69. The highest BCUT2D eigenvalue weighted by Gasteiger charge is 2.20. The summed E-state index contributed by atoms with van der Waals surface area (Å²) in [6.07, 6.45) is 41.2. The molecule has 0 spiro atoms. The first kappa shape index (κ1) is 50.7. The number of rotatable bonds is 37. The molecule has 0 radical (unpaired) electrons. The van der Waals surface area contributed by atoms with Crippen LogP contribution >= 0.6 is 23.5 Å². The predicted octanol–water partition coefficient (Wildman–Crippen LogP) is 14.4. The predicted molar refractivity (Wildman–Crippen MR) is 243 cm³/mol. The van der Waals surface area contributed by atoms with Crippen LogP contribution in [0.3, 0.4) is 0 Å². The van der Waals surface area contributed by atoms with Crippen molar-refractivity contribution in [3.05, 3.63) is 0 Å². The summed E-state index contributed by atoms with van der Waals surface area (Å²) in [6, 6.07) is 0.512. The molecule has 5 nitrogen and oxygen atoms in total. The van der Waals surface area contributed by atoms with Crippen LogP contribution in [-0.4, -0.2) is 60.2 Å². The molecular weight excluding hydrogens is 719 g/mol. The molecule has 0 amide bonds. The van der Waals surface area contributed by atoms with Gasteiger partial charge in [-0.2, -0.15) is 23.5 Å². The Hall–Kier alpha value is -0.400. The Balaban J connectivity index is 1.71. The Morgan fingerprint density at radius 3 is 1.25 bits per heavy atom. The van der Waals surface area contributed by atoms with Crippen molar-refractivity contribution < 1.29 is 19.1 Å². The average molecular weight is 810 g/mol. The van der Waals surface area contributed by atoms with Gasteiger partial charge in [-0.15, -0.1) is 0 Å². The van der Waals surface area contributed by atoms with Gasteiger partial charge >= 0.3 is 11.9 Å². The molecule has 0 saturated heterocycles. The van der Waals surface area contributed by atoms with Crippen LogP contribution in [0.1, 0.15) is 232 Å². The van der Waals surface area contributed by atoms with Crippen molar-refractivity contribution in [3.8, 4) is 0 Å². The van der Waals surface area contributed by atoms with E-state index in [1.54, 1.807) is 0 Å². The highest BCUT2D eigenvalue weighted by Crippen LogP contribution is 2.29. The number of hydrogen-bond donors (Lipinski definition) is 1. The summed E-state index contributed by atoms with van der Waals surface area (Å²) >= 11 is 4.07. The Labute approximate surface area is 350 Å². The number of nitrogens with one attached hydrogen (secondary N) is 1. The third-order valence-corrected chi connectivity index (χ3v) is 15.0. The number of hydrogen-bond acceptors (Lipinski definition) is 7. The summed E-state index contributed by atoms with van der Waals surface area (Å²) < 4.78 is 12.3. The third kappa shape index (κ3) is 29.5. The van der Waals surface area contributed by atoms with Crippen LogP contribution in [0.2, 0.25) is 0 Å². The first-order valence-corrected chi connectivity index (χ1v) is 26.6. The average Bonchev–Trinajstić information content (AvgIpc) is 3.20. The molecule has 1 N–H and O–H groups in total. The van der Waals surface area contributed by atoms with E-state index in [2.05, 4.69) is 26.2 Å². The lowest BCUT2D eigenvalue weighted by atomic mass is 9.91. The van der Waals surface area contributed by atoms with Crippen molar-refractivity contribution in [1.82, 2.24) is 5.32 Å². The van der Waals surface area contributed by atoms with Gasteiger partial charge in [-0.05, 0) is 107 Å². The second kappa shape index (κ2) is 36.7. The van der Waals surface area contributed by atoms with Crippen LogP contribution in [-0.2, 0) is 19.1 Å². The molecule has 7 heteroatoms. The topological polar surface area (TPSA) is 64.6 Å². The van der Waals surface area contributed by atoms with Crippen LogP contribution in [0.4, 0.5) is 0 Å². The van der Waals surface area contributed by atoms with E-state index < -0.39 is 0 Å². The molecule has 2 aliphatic rings. The van der Waals surface area contributed by atoms with Crippen molar-refractivity contribution in [2.75, 3.05) is 30.1 Å². The summed E-state index contributed by atoms with van der Waals surface area (Å²) in [6.45, 7) is 4.52. The zero-order valence-electron chi connectivity index (χ0n) is 36.7. The SMILES string of the molecule is CCCCCCCCCC(=O)OC(CCCCC(CCCCC(CSCC1CCCCC1)OC(=O)CCCCCCCCC)NC)CSCC1CCCCC1. The van der Waals surface area contributed by atoms with E-state index in [4.69, 9.17) is 9.47 Å². The molecule has 324 valence electrons. The number of carbonyl (C=O) groups is 2. The zero-order valence-corrected chi connectivity index (χ0v) is 38.3. The van der Waals surface area contributed by atoms with Gasteiger partial charge in [0.2, 0.25) is 0 Å². The lowest BCUT2D eigenvalue weighted by Crippen LogP contribution is -2.26. The van der Waals surface area contributed by atoms with E-state index in [0.717, 1.165) is 74.7 Å². The third-order valence-electron chi connectivity index (χ3n) is 12.4.